The molecule has 0 unspecified atom stereocenters. The van der Waals surface area contributed by atoms with Gasteiger partial charge in [0.1, 0.15) is 11.4 Å². The molecule has 0 spiro atoms. The number of pyridine rings is 1. The fourth-order valence-corrected chi connectivity index (χ4v) is 1.89. The van der Waals surface area contributed by atoms with Crippen LogP contribution in [0.3, 0.4) is 0 Å². The molecule has 0 atom stereocenters. The lowest BCUT2D eigenvalue weighted by Gasteiger charge is -2.10. The van der Waals surface area contributed by atoms with Crippen LogP contribution >= 0.6 is 15.9 Å². The quantitative estimate of drug-likeness (QED) is 0.909. The highest BCUT2D eigenvalue weighted by Gasteiger charge is 2.11. The summed E-state index contributed by atoms with van der Waals surface area (Å²) in [6.07, 6.45) is 1.55. The lowest BCUT2D eigenvalue weighted by atomic mass is 10.2. The summed E-state index contributed by atoms with van der Waals surface area (Å²) in [6.45, 7) is 1.97. The van der Waals surface area contributed by atoms with Crippen LogP contribution < -0.4 is 5.32 Å². The van der Waals surface area contributed by atoms with Crippen molar-refractivity contribution in [2.45, 2.75) is 6.92 Å². The van der Waals surface area contributed by atoms with Gasteiger partial charge in [-0.05, 0) is 52.7 Å². The number of aryl methyl sites for hydroxylation is 1. The molecule has 1 aromatic carbocycles. The summed E-state index contributed by atoms with van der Waals surface area (Å²) in [5.41, 5.74) is 2.01. The second-order valence-corrected chi connectivity index (χ2v) is 4.67. The van der Waals surface area contributed by atoms with Crippen molar-refractivity contribution in [2.24, 2.45) is 0 Å². The third-order valence-corrected chi connectivity index (χ3v) is 3.10. The number of nitrogens with one attached hydrogen (secondary N) is 1. The predicted molar refractivity (Wildman–Crippen MR) is 73.4 cm³/mol. The van der Waals surface area contributed by atoms with Crippen molar-refractivity contribution in [3.8, 4) is 0 Å². The molecule has 0 saturated carbocycles. The van der Waals surface area contributed by atoms with Crippen LogP contribution in [0.5, 0.6) is 0 Å². The van der Waals surface area contributed by atoms with E-state index in [0.29, 0.717) is 5.82 Å². The Balaban J connectivity index is 2.40. The van der Waals surface area contributed by atoms with Gasteiger partial charge in [-0.3, -0.25) is 0 Å². The van der Waals surface area contributed by atoms with Crippen molar-refractivity contribution >= 4 is 33.4 Å². The van der Waals surface area contributed by atoms with Crippen molar-refractivity contribution in [2.75, 3.05) is 5.32 Å². The molecule has 0 aliphatic carbocycles. The highest BCUT2D eigenvalue weighted by atomic mass is 79.9. The zero-order valence-corrected chi connectivity index (χ0v) is 11.2. The van der Waals surface area contributed by atoms with Crippen molar-refractivity contribution in [3.05, 3.63) is 52.1 Å². The summed E-state index contributed by atoms with van der Waals surface area (Å²) in [7, 11) is 0. The third-order valence-electron chi connectivity index (χ3n) is 2.41. The summed E-state index contributed by atoms with van der Waals surface area (Å²) in [5.74, 6) is -0.675. The average Bonchev–Trinajstić information content (AvgIpc) is 2.34. The molecular formula is C13H11BrN2O2. The molecule has 18 heavy (non-hydrogen) atoms. The van der Waals surface area contributed by atoms with Gasteiger partial charge < -0.3 is 10.4 Å². The fraction of sp³-hybridized carbons (Fsp3) is 0.0769. The van der Waals surface area contributed by atoms with Gasteiger partial charge in [-0.1, -0.05) is 6.07 Å². The van der Waals surface area contributed by atoms with Crippen LogP contribution in [0, 0.1) is 6.92 Å². The standard InChI is InChI=1S/C13H11BrN2O2/c1-8-4-5-10(14)11(7-8)16-12-9(13(17)18)3-2-6-15-12/h2-7H,1H3,(H,15,16)(H,17,18). The van der Waals surface area contributed by atoms with Gasteiger partial charge in [-0.15, -0.1) is 0 Å². The number of benzene rings is 1. The monoisotopic (exact) mass is 306 g/mol. The van der Waals surface area contributed by atoms with Gasteiger partial charge >= 0.3 is 5.97 Å². The summed E-state index contributed by atoms with van der Waals surface area (Å²) in [5, 5.41) is 12.1. The van der Waals surface area contributed by atoms with Crippen LogP contribution in [0.1, 0.15) is 15.9 Å². The maximum Gasteiger partial charge on any atom is 0.339 e. The molecule has 0 aliphatic heterocycles. The highest BCUT2D eigenvalue weighted by Crippen LogP contribution is 2.27. The summed E-state index contributed by atoms with van der Waals surface area (Å²) < 4.78 is 0.857. The van der Waals surface area contributed by atoms with E-state index in [0.717, 1.165) is 15.7 Å². The van der Waals surface area contributed by atoms with Crippen LogP contribution in [0.4, 0.5) is 11.5 Å². The highest BCUT2D eigenvalue weighted by molar-refractivity contribution is 9.10. The molecule has 5 heteroatoms. The van der Waals surface area contributed by atoms with E-state index in [1.54, 1.807) is 12.3 Å². The fourth-order valence-electron chi connectivity index (χ4n) is 1.54. The van der Waals surface area contributed by atoms with E-state index in [4.69, 9.17) is 5.11 Å². The molecule has 0 saturated heterocycles. The van der Waals surface area contributed by atoms with Crippen LogP contribution in [0.15, 0.2) is 41.0 Å². The summed E-state index contributed by atoms with van der Waals surface area (Å²) >= 11 is 3.41. The van der Waals surface area contributed by atoms with E-state index in [2.05, 4.69) is 26.2 Å². The second-order valence-electron chi connectivity index (χ2n) is 3.81. The molecule has 0 radical (unpaired) electrons. The van der Waals surface area contributed by atoms with Crippen molar-refractivity contribution in [1.82, 2.24) is 4.98 Å². The van der Waals surface area contributed by atoms with Crippen molar-refractivity contribution in [1.29, 1.82) is 0 Å². The van der Waals surface area contributed by atoms with Crippen LogP contribution in [-0.4, -0.2) is 16.1 Å². The van der Waals surface area contributed by atoms with E-state index in [9.17, 15) is 4.79 Å². The number of halogens is 1. The SMILES string of the molecule is Cc1ccc(Br)c(Nc2ncccc2C(=O)O)c1. The maximum absolute atomic E-state index is 11.1. The van der Waals surface area contributed by atoms with E-state index in [1.807, 2.05) is 25.1 Å². The Labute approximate surface area is 113 Å². The van der Waals surface area contributed by atoms with Gasteiger partial charge in [-0.25, -0.2) is 9.78 Å². The lowest BCUT2D eigenvalue weighted by molar-refractivity contribution is 0.0697. The third kappa shape index (κ3) is 2.68. The first kappa shape index (κ1) is 12.6. The van der Waals surface area contributed by atoms with Gasteiger partial charge in [0.05, 0.1) is 5.69 Å². The Morgan fingerprint density at radius 2 is 2.17 bits per heavy atom. The minimum absolute atomic E-state index is 0.144. The Kier molecular flexibility index (Phi) is 3.62. The number of nitrogens with zero attached hydrogens (tertiary/aromatic N) is 1. The first-order chi connectivity index (χ1) is 8.58. The number of aromatic carboxylic acids is 1. The minimum Gasteiger partial charge on any atom is -0.478 e. The predicted octanol–water partition coefficient (Wildman–Crippen LogP) is 3.59. The summed E-state index contributed by atoms with van der Waals surface area (Å²) in [4.78, 5) is 15.1. The van der Waals surface area contributed by atoms with E-state index >= 15 is 0 Å². The Morgan fingerprint density at radius 3 is 2.89 bits per heavy atom. The van der Waals surface area contributed by atoms with Gasteiger partial charge in [-0.2, -0.15) is 0 Å². The summed E-state index contributed by atoms with van der Waals surface area (Å²) in [6, 6.07) is 8.90. The molecule has 4 nitrogen and oxygen atoms in total. The molecule has 0 aliphatic rings. The molecule has 92 valence electrons. The molecule has 2 N–H and O–H groups in total. The number of carbonyl (C=O) groups is 1. The molecule has 0 bridgehead atoms. The minimum atomic E-state index is -1.01. The lowest BCUT2D eigenvalue weighted by Crippen LogP contribution is -2.04. The number of carboxylic acids is 1. The number of carboxylic acid groups (broad SMARTS) is 1. The van der Waals surface area contributed by atoms with Crippen molar-refractivity contribution < 1.29 is 9.90 Å². The second kappa shape index (κ2) is 5.18. The smallest absolute Gasteiger partial charge is 0.339 e. The zero-order valence-electron chi connectivity index (χ0n) is 9.64. The molecule has 0 fully saturated rings. The number of hydrogen-bond donors (Lipinski definition) is 2. The molecule has 1 aromatic heterocycles. The zero-order chi connectivity index (χ0) is 13.1. The number of aromatic nitrogens is 1. The van der Waals surface area contributed by atoms with E-state index in [1.165, 1.54) is 6.07 Å². The maximum atomic E-state index is 11.1. The van der Waals surface area contributed by atoms with E-state index < -0.39 is 5.97 Å². The molecule has 1 heterocycles. The van der Waals surface area contributed by atoms with Crippen molar-refractivity contribution in [3.63, 3.8) is 0 Å². The average molecular weight is 307 g/mol. The first-order valence-electron chi connectivity index (χ1n) is 5.29. The number of anilines is 2. The largest absolute Gasteiger partial charge is 0.478 e. The van der Waals surface area contributed by atoms with E-state index in [-0.39, 0.29) is 5.56 Å². The Bertz CT molecular complexity index is 599. The molecule has 0 amide bonds. The van der Waals surface area contributed by atoms with Gasteiger partial charge in [0.25, 0.3) is 0 Å². The normalized spacial score (nSPS) is 10.1. The Morgan fingerprint density at radius 1 is 1.39 bits per heavy atom. The first-order valence-corrected chi connectivity index (χ1v) is 6.08. The van der Waals surface area contributed by atoms with Crippen LogP contribution in [0.25, 0.3) is 0 Å². The Hall–Kier alpha value is -1.88. The number of hydrogen-bond acceptors (Lipinski definition) is 3. The topological polar surface area (TPSA) is 62.2 Å². The molecule has 2 rings (SSSR count). The van der Waals surface area contributed by atoms with Crippen LogP contribution in [0.2, 0.25) is 0 Å². The van der Waals surface area contributed by atoms with Gasteiger partial charge in [0.2, 0.25) is 0 Å². The van der Waals surface area contributed by atoms with Gasteiger partial charge in [0, 0.05) is 10.7 Å². The molecule has 2 aromatic rings. The molecular weight excluding hydrogens is 296 g/mol. The number of rotatable bonds is 3. The van der Waals surface area contributed by atoms with Gasteiger partial charge in [0.15, 0.2) is 0 Å². The van der Waals surface area contributed by atoms with Crippen LogP contribution in [-0.2, 0) is 0 Å².